The number of rotatable bonds is 2. The predicted octanol–water partition coefficient (Wildman–Crippen LogP) is 3.07. The molecule has 0 aromatic rings. The molecule has 116 valence electrons. The third-order valence-electron chi connectivity index (χ3n) is 5.90. The largest absolute Gasteiger partial charge is 0.375 e. The molecule has 0 aromatic carbocycles. The summed E-state index contributed by atoms with van der Waals surface area (Å²) in [7, 11) is 0. The normalized spacial score (nSPS) is 36.9. The van der Waals surface area contributed by atoms with Gasteiger partial charge in [0.05, 0.1) is 5.60 Å². The lowest BCUT2D eigenvalue weighted by molar-refractivity contribution is -0.131. The molecule has 20 heavy (non-hydrogen) atoms. The van der Waals surface area contributed by atoms with Gasteiger partial charge in [0.25, 0.3) is 0 Å². The molecule has 2 saturated heterocycles. The summed E-state index contributed by atoms with van der Waals surface area (Å²) in [6.45, 7) is 4.42. The van der Waals surface area contributed by atoms with E-state index in [1.165, 1.54) is 70.8 Å². The van der Waals surface area contributed by atoms with E-state index < -0.39 is 0 Å². The van der Waals surface area contributed by atoms with E-state index in [0.29, 0.717) is 12.1 Å². The lowest BCUT2D eigenvalue weighted by Gasteiger charge is -2.50. The summed E-state index contributed by atoms with van der Waals surface area (Å²) >= 11 is 0. The molecule has 0 radical (unpaired) electrons. The molecule has 3 rings (SSSR count). The number of likely N-dealkylation sites (tertiary alicyclic amines) is 1. The Labute approximate surface area is 124 Å². The zero-order chi connectivity index (χ0) is 14.0. The molecule has 1 saturated carbocycles. The molecule has 3 nitrogen and oxygen atoms in total. The minimum absolute atomic E-state index is 0.223. The van der Waals surface area contributed by atoms with Crippen LogP contribution >= 0.6 is 0 Å². The molecule has 2 heterocycles. The van der Waals surface area contributed by atoms with Crippen molar-refractivity contribution in [3.63, 3.8) is 0 Å². The highest BCUT2D eigenvalue weighted by atomic mass is 16.5. The number of piperidine rings is 1. The average Bonchev–Trinajstić information content (AvgIpc) is 2.48. The maximum atomic E-state index is 6.27. The van der Waals surface area contributed by atoms with Crippen LogP contribution in [0.15, 0.2) is 0 Å². The van der Waals surface area contributed by atoms with Gasteiger partial charge in [0.15, 0.2) is 0 Å². The Bertz CT molecular complexity index is 307. The Kier molecular flexibility index (Phi) is 4.68. The van der Waals surface area contributed by atoms with E-state index in [9.17, 15) is 0 Å². The van der Waals surface area contributed by atoms with Crippen LogP contribution in [0.5, 0.6) is 0 Å². The topological polar surface area (TPSA) is 38.5 Å². The van der Waals surface area contributed by atoms with Gasteiger partial charge in [0.2, 0.25) is 0 Å². The number of nitrogens with two attached hydrogens (primary N) is 1. The van der Waals surface area contributed by atoms with Crippen molar-refractivity contribution in [2.75, 3.05) is 13.2 Å². The maximum absolute atomic E-state index is 6.27. The van der Waals surface area contributed by atoms with Crippen molar-refractivity contribution in [1.29, 1.82) is 0 Å². The van der Waals surface area contributed by atoms with Gasteiger partial charge in [-0.05, 0) is 52.0 Å². The van der Waals surface area contributed by atoms with Crippen LogP contribution in [0, 0.1) is 0 Å². The van der Waals surface area contributed by atoms with Gasteiger partial charge in [-0.2, -0.15) is 0 Å². The SMILES string of the molecule is CC(N)C1CCCCN1C1CCOC2(CCCCC2)C1. The van der Waals surface area contributed by atoms with Crippen molar-refractivity contribution < 1.29 is 4.74 Å². The summed E-state index contributed by atoms with van der Waals surface area (Å²) in [5, 5.41) is 0. The van der Waals surface area contributed by atoms with Gasteiger partial charge in [0.1, 0.15) is 0 Å². The first kappa shape index (κ1) is 14.8. The molecule has 3 aliphatic rings. The minimum atomic E-state index is 0.223. The van der Waals surface area contributed by atoms with Gasteiger partial charge in [-0.3, -0.25) is 4.90 Å². The van der Waals surface area contributed by atoms with Crippen LogP contribution in [0.2, 0.25) is 0 Å². The highest BCUT2D eigenvalue weighted by molar-refractivity contribution is 4.96. The molecule has 3 unspecified atom stereocenters. The molecule has 0 aromatic heterocycles. The molecular weight excluding hydrogens is 248 g/mol. The smallest absolute Gasteiger partial charge is 0.0697 e. The third kappa shape index (κ3) is 3.05. The van der Waals surface area contributed by atoms with Crippen LogP contribution < -0.4 is 5.73 Å². The van der Waals surface area contributed by atoms with Crippen LogP contribution in [0.3, 0.4) is 0 Å². The van der Waals surface area contributed by atoms with Gasteiger partial charge in [-0.1, -0.05) is 25.7 Å². The van der Waals surface area contributed by atoms with Crippen molar-refractivity contribution in [3.05, 3.63) is 0 Å². The highest BCUT2D eigenvalue weighted by Gasteiger charge is 2.42. The zero-order valence-corrected chi connectivity index (χ0v) is 13.2. The summed E-state index contributed by atoms with van der Waals surface area (Å²) in [6.07, 6.45) is 13.2. The fraction of sp³-hybridized carbons (Fsp3) is 1.00. The quantitative estimate of drug-likeness (QED) is 0.845. The fourth-order valence-electron chi connectivity index (χ4n) is 4.83. The molecule has 2 N–H and O–H groups in total. The van der Waals surface area contributed by atoms with Crippen molar-refractivity contribution in [2.45, 2.75) is 94.9 Å². The van der Waals surface area contributed by atoms with Gasteiger partial charge in [-0.15, -0.1) is 0 Å². The predicted molar refractivity (Wildman–Crippen MR) is 82.8 cm³/mol. The molecule has 1 spiro atoms. The molecular formula is C17H32N2O. The Balaban J connectivity index is 1.68. The van der Waals surface area contributed by atoms with Crippen LogP contribution in [0.1, 0.15) is 71.1 Å². The van der Waals surface area contributed by atoms with E-state index in [4.69, 9.17) is 10.5 Å². The summed E-state index contributed by atoms with van der Waals surface area (Å²) in [5.74, 6) is 0. The molecule has 3 heteroatoms. The first-order chi connectivity index (χ1) is 9.70. The first-order valence-corrected chi connectivity index (χ1v) is 8.85. The minimum Gasteiger partial charge on any atom is -0.375 e. The second kappa shape index (κ2) is 6.33. The molecule has 3 fully saturated rings. The summed E-state index contributed by atoms with van der Waals surface area (Å²) in [6, 6.07) is 1.63. The number of hydrogen-bond acceptors (Lipinski definition) is 3. The second-order valence-corrected chi connectivity index (χ2v) is 7.40. The van der Waals surface area contributed by atoms with Gasteiger partial charge < -0.3 is 10.5 Å². The lowest BCUT2D eigenvalue weighted by atomic mass is 9.77. The lowest BCUT2D eigenvalue weighted by Crippen LogP contribution is -2.57. The summed E-state index contributed by atoms with van der Waals surface area (Å²) in [4.78, 5) is 2.76. The number of nitrogens with zero attached hydrogens (tertiary/aromatic N) is 1. The van der Waals surface area contributed by atoms with Gasteiger partial charge in [0, 0.05) is 24.7 Å². The average molecular weight is 280 g/mol. The van der Waals surface area contributed by atoms with E-state index >= 15 is 0 Å². The van der Waals surface area contributed by atoms with E-state index in [2.05, 4.69) is 11.8 Å². The van der Waals surface area contributed by atoms with E-state index in [1.807, 2.05) is 0 Å². The standard InChI is InChI=1S/C17H32N2O/c1-14(18)16-7-3-6-11-19(16)15-8-12-20-17(13-15)9-4-2-5-10-17/h14-16H,2-13,18H2,1H3. The van der Waals surface area contributed by atoms with Gasteiger partial charge >= 0.3 is 0 Å². The summed E-state index contributed by atoms with van der Waals surface area (Å²) in [5.41, 5.74) is 6.48. The van der Waals surface area contributed by atoms with Crippen LogP contribution in [0.25, 0.3) is 0 Å². The number of ether oxygens (including phenoxy) is 1. The molecule has 3 atom stereocenters. The molecule has 0 bridgehead atoms. The molecule has 1 aliphatic carbocycles. The van der Waals surface area contributed by atoms with Gasteiger partial charge in [-0.25, -0.2) is 0 Å². The van der Waals surface area contributed by atoms with E-state index in [1.54, 1.807) is 0 Å². The Morgan fingerprint density at radius 3 is 2.65 bits per heavy atom. The van der Waals surface area contributed by atoms with Crippen LogP contribution in [-0.2, 0) is 4.74 Å². The fourth-order valence-corrected chi connectivity index (χ4v) is 4.83. The monoisotopic (exact) mass is 280 g/mol. The van der Waals surface area contributed by atoms with E-state index in [-0.39, 0.29) is 5.60 Å². The maximum Gasteiger partial charge on any atom is 0.0697 e. The molecule has 2 aliphatic heterocycles. The first-order valence-electron chi connectivity index (χ1n) is 8.85. The Morgan fingerprint density at radius 2 is 1.90 bits per heavy atom. The number of hydrogen-bond donors (Lipinski definition) is 1. The van der Waals surface area contributed by atoms with E-state index in [0.717, 1.165) is 12.6 Å². The highest BCUT2D eigenvalue weighted by Crippen LogP contribution is 2.41. The van der Waals surface area contributed by atoms with Crippen molar-refractivity contribution >= 4 is 0 Å². The van der Waals surface area contributed by atoms with Crippen molar-refractivity contribution in [2.24, 2.45) is 5.73 Å². The molecule has 0 amide bonds. The zero-order valence-electron chi connectivity index (χ0n) is 13.2. The van der Waals surface area contributed by atoms with Crippen molar-refractivity contribution in [3.8, 4) is 0 Å². The van der Waals surface area contributed by atoms with Crippen molar-refractivity contribution in [1.82, 2.24) is 4.90 Å². The second-order valence-electron chi connectivity index (χ2n) is 7.40. The summed E-state index contributed by atoms with van der Waals surface area (Å²) < 4.78 is 6.27. The Morgan fingerprint density at radius 1 is 1.10 bits per heavy atom. The Hall–Kier alpha value is -0.120. The van der Waals surface area contributed by atoms with Crippen LogP contribution in [0.4, 0.5) is 0 Å². The third-order valence-corrected chi connectivity index (χ3v) is 5.90. The van der Waals surface area contributed by atoms with Crippen LogP contribution in [-0.4, -0.2) is 41.8 Å².